The molecule has 0 fully saturated rings. The van der Waals surface area contributed by atoms with Crippen LogP contribution in [-0.2, 0) is 6.42 Å². The monoisotopic (exact) mass is 417 g/mol. The van der Waals surface area contributed by atoms with Gasteiger partial charge in [-0.05, 0) is 74.3 Å². The number of aromatic nitrogens is 1. The lowest BCUT2D eigenvalue weighted by molar-refractivity contribution is 0.550. The van der Waals surface area contributed by atoms with Crippen LogP contribution in [0.15, 0.2) is 47.2 Å². The van der Waals surface area contributed by atoms with Gasteiger partial charge in [0.25, 0.3) is 0 Å². The second-order valence-electron chi connectivity index (χ2n) is 3.99. The zero-order valence-electron chi connectivity index (χ0n) is 9.61. The van der Waals surface area contributed by atoms with Gasteiger partial charge in [-0.3, -0.25) is 16.3 Å². The van der Waals surface area contributed by atoms with Gasteiger partial charge in [0.05, 0.1) is 6.04 Å². The molecule has 0 saturated carbocycles. The number of nitrogens with one attached hydrogen (secondary N) is 1. The first kappa shape index (κ1) is 13.9. The van der Waals surface area contributed by atoms with Crippen LogP contribution in [0.1, 0.15) is 17.2 Å². The number of hydrazine groups is 1. The molecule has 0 amide bonds. The Morgan fingerprint density at radius 2 is 2.00 bits per heavy atom. The Labute approximate surface area is 128 Å². The molecule has 0 saturated heterocycles. The molecule has 2 aromatic rings. The molecule has 3 nitrogen and oxygen atoms in total. The van der Waals surface area contributed by atoms with E-state index >= 15 is 0 Å². The summed E-state index contributed by atoms with van der Waals surface area (Å²) >= 11 is 5.72. The van der Waals surface area contributed by atoms with Gasteiger partial charge in [-0.1, -0.05) is 12.1 Å². The number of halogens is 2. The molecule has 5 heteroatoms. The van der Waals surface area contributed by atoms with Crippen LogP contribution in [0, 0.1) is 3.57 Å². The highest BCUT2D eigenvalue weighted by Crippen LogP contribution is 2.20. The Hall–Kier alpha value is -0.500. The van der Waals surface area contributed by atoms with Gasteiger partial charge < -0.3 is 0 Å². The smallest absolute Gasteiger partial charge is 0.0515 e. The molecule has 0 bridgehead atoms. The van der Waals surface area contributed by atoms with E-state index in [0.29, 0.717) is 0 Å². The molecule has 2 rings (SSSR count). The van der Waals surface area contributed by atoms with Crippen molar-refractivity contribution in [3.63, 3.8) is 0 Å². The summed E-state index contributed by atoms with van der Waals surface area (Å²) in [5.41, 5.74) is 5.17. The number of hydrogen-bond acceptors (Lipinski definition) is 3. The molecule has 0 aliphatic carbocycles. The maximum Gasteiger partial charge on any atom is 0.0515 e. The third-order valence-corrected chi connectivity index (χ3v) is 3.84. The van der Waals surface area contributed by atoms with Crippen molar-refractivity contribution in [2.45, 2.75) is 12.5 Å². The van der Waals surface area contributed by atoms with E-state index in [2.05, 4.69) is 73.2 Å². The van der Waals surface area contributed by atoms with E-state index in [-0.39, 0.29) is 6.04 Å². The quantitative estimate of drug-likeness (QED) is 0.456. The standard InChI is InChI=1S/C13H13BrIN3/c14-11-6-10(7-17-8-11)13(18-16)5-9-1-3-12(15)4-2-9/h1-4,6-8,13,18H,5,16H2. The van der Waals surface area contributed by atoms with Gasteiger partial charge in [0.15, 0.2) is 0 Å². The van der Waals surface area contributed by atoms with Crippen molar-refractivity contribution in [3.8, 4) is 0 Å². The number of hydrogen-bond donors (Lipinski definition) is 2. The minimum atomic E-state index is 0.0649. The molecule has 0 aliphatic heterocycles. The number of nitrogens with two attached hydrogens (primary N) is 1. The summed E-state index contributed by atoms with van der Waals surface area (Å²) in [7, 11) is 0. The summed E-state index contributed by atoms with van der Waals surface area (Å²) in [5, 5.41) is 0. The molecule has 1 unspecified atom stereocenters. The Bertz CT molecular complexity index is 516. The Balaban J connectivity index is 2.17. The van der Waals surface area contributed by atoms with Crippen molar-refractivity contribution >= 4 is 38.5 Å². The molecule has 0 radical (unpaired) electrons. The number of rotatable bonds is 4. The van der Waals surface area contributed by atoms with Crippen LogP contribution in [0.2, 0.25) is 0 Å². The van der Waals surface area contributed by atoms with Gasteiger partial charge in [0.1, 0.15) is 0 Å². The first-order valence-electron chi connectivity index (χ1n) is 5.50. The molecule has 1 aromatic carbocycles. The number of benzene rings is 1. The van der Waals surface area contributed by atoms with Gasteiger partial charge in [-0.15, -0.1) is 0 Å². The topological polar surface area (TPSA) is 50.9 Å². The van der Waals surface area contributed by atoms with Crippen molar-refractivity contribution < 1.29 is 0 Å². The second-order valence-corrected chi connectivity index (χ2v) is 6.15. The average Bonchev–Trinajstić information content (AvgIpc) is 2.38. The van der Waals surface area contributed by atoms with Crippen LogP contribution in [0.3, 0.4) is 0 Å². The highest BCUT2D eigenvalue weighted by Gasteiger charge is 2.11. The third-order valence-electron chi connectivity index (χ3n) is 2.68. The zero-order chi connectivity index (χ0) is 13.0. The minimum Gasteiger partial charge on any atom is -0.271 e. The van der Waals surface area contributed by atoms with Crippen molar-refractivity contribution in [3.05, 3.63) is 61.9 Å². The zero-order valence-corrected chi connectivity index (χ0v) is 13.3. The lowest BCUT2D eigenvalue weighted by Crippen LogP contribution is -2.29. The maximum atomic E-state index is 5.64. The van der Waals surface area contributed by atoms with E-state index in [1.165, 1.54) is 9.13 Å². The van der Waals surface area contributed by atoms with Crippen LogP contribution in [-0.4, -0.2) is 4.98 Å². The molecule has 94 valence electrons. The summed E-state index contributed by atoms with van der Waals surface area (Å²) in [4.78, 5) is 4.17. The van der Waals surface area contributed by atoms with E-state index in [9.17, 15) is 0 Å². The summed E-state index contributed by atoms with van der Waals surface area (Å²) in [5.74, 6) is 5.64. The third kappa shape index (κ3) is 3.74. The van der Waals surface area contributed by atoms with Gasteiger partial charge in [0, 0.05) is 20.4 Å². The molecule has 1 aromatic heterocycles. The lowest BCUT2D eigenvalue weighted by atomic mass is 10.0. The fraction of sp³-hybridized carbons (Fsp3) is 0.154. The average molecular weight is 418 g/mol. The SMILES string of the molecule is NNC(Cc1ccc(I)cc1)c1cncc(Br)c1. The van der Waals surface area contributed by atoms with E-state index in [1.807, 2.05) is 12.3 Å². The van der Waals surface area contributed by atoms with E-state index < -0.39 is 0 Å². The summed E-state index contributed by atoms with van der Waals surface area (Å²) in [6.07, 6.45) is 4.44. The van der Waals surface area contributed by atoms with E-state index in [1.54, 1.807) is 6.20 Å². The maximum absolute atomic E-state index is 5.64. The Kier molecular flexibility index (Phi) is 5.11. The van der Waals surface area contributed by atoms with Gasteiger partial charge >= 0.3 is 0 Å². The van der Waals surface area contributed by atoms with Crippen LogP contribution in [0.25, 0.3) is 0 Å². The van der Waals surface area contributed by atoms with Crippen molar-refractivity contribution in [2.24, 2.45) is 5.84 Å². The van der Waals surface area contributed by atoms with Gasteiger partial charge in [-0.2, -0.15) is 0 Å². The van der Waals surface area contributed by atoms with Crippen LogP contribution in [0.4, 0.5) is 0 Å². The normalized spacial score (nSPS) is 12.4. The Morgan fingerprint density at radius 3 is 2.61 bits per heavy atom. The molecule has 1 atom stereocenters. The van der Waals surface area contributed by atoms with Crippen LogP contribution >= 0.6 is 38.5 Å². The highest BCUT2D eigenvalue weighted by molar-refractivity contribution is 14.1. The first-order chi connectivity index (χ1) is 8.69. The van der Waals surface area contributed by atoms with Crippen molar-refractivity contribution in [1.29, 1.82) is 0 Å². The van der Waals surface area contributed by atoms with Gasteiger partial charge in [-0.25, -0.2) is 0 Å². The molecule has 0 aliphatic rings. The molecule has 3 N–H and O–H groups in total. The largest absolute Gasteiger partial charge is 0.271 e. The van der Waals surface area contributed by atoms with E-state index in [4.69, 9.17) is 5.84 Å². The van der Waals surface area contributed by atoms with Crippen LogP contribution < -0.4 is 11.3 Å². The number of pyridine rings is 1. The predicted molar refractivity (Wildman–Crippen MR) is 84.9 cm³/mol. The fourth-order valence-corrected chi connectivity index (χ4v) is 2.49. The Morgan fingerprint density at radius 1 is 1.28 bits per heavy atom. The lowest BCUT2D eigenvalue weighted by Gasteiger charge is -2.16. The van der Waals surface area contributed by atoms with Gasteiger partial charge in [0.2, 0.25) is 0 Å². The molecular formula is C13H13BrIN3. The molecule has 1 heterocycles. The fourth-order valence-electron chi connectivity index (χ4n) is 1.75. The van der Waals surface area contributed by atoms with E-state index in [0.717, 1.165) is 16.5 Å². The first-order valence-corrected chi connectivity index (χ1v) is 7.37. The molecular weight excluding hydrogens is 405 g/mol. The summed E-state index contributed by atoms with van der Waals surface area (Å²) in [6.45, 7) is 0. The summed E-state index contributed by atoms with van der Waals surface area (Å²) < 4.78 is 2.19. The van der Waals surface area contributed by atoms with Crippen molar-refractivity contribution in [2.75, 3.05) is 0 Å². The summed E-state index contributed by atoms with van der Waals surface area (Å²) in [6, 6.07) is 10.5. The number of nitrogens with zero attached hydrogens (tertiary/aromatic N) is 1. The minimum absolute atomic E-state index is 0.0649. The highest BCUT2D eigenvalue weighted by atomic mass is 127. The van der Waals surface area contributed by atoms with Crippen molar-refractivity contribution in [1.82, 2.24) is 10.4 Å². The molecule has 0 spiro atoms. The molecule has 18 heavy (non-hydrogen) atoms. The predicted octanol–water partition coefficient (Wildman–Crippen LogP) is 3.20. The van der Waals surface area contributed by atoms with Crippen LogP contribution in [0.5, 0.6) is 0 Å². The second kappa shape index (κ2) is 6.60.